The largest absolute Gasteiger partial charge is 0.365 e. The molecular formula is C25H31ClN4O4. The summed E-state index contributed by atoms with van der Waals surface area (Å²) in [6.07, 6.45) is 5.02. The molecule has 0 spiro atoms. The first-order valence-electron chi connectivity index (χ1n) is 11.3. The van der Waals surface area contributed by atoms with E-state index in [0.717, 1.165) is 25.9 Å². The highest BCUT2D eigenvalue weighted by Crippen LogP contribution is 2.24. The van der Waals surface area contributed by atoms with Gasteiger partial charge < -0.3 is 25.4 Å². The van der Waals surface area contributed by atoms with Gasteiger partial charge in [-0.1, -0.05) is 23.7 Å². The molecule has 0 saturated carbocycles. The maximum Gasteiger partial charge on any atom is 0.258 e. The summed E-state index contributed by atoms with van der Waals surface area (Å²) in [6, 6.07) is 8.76. The molecular weight excluding hydrogens is 456 g/mol. The summed E-state index contributed by atoms with van der Waals surface area (Å²) in [5.41, 5.74) is 1.35. The van der Waals surface area contributed by atoms with Gasteiger partial charge in [0.15, 0.2) is 6.29 Å². The van der Waals surface area contributed by atoms with E-state index in [-0.39, 0.29) is 17.4 Å². The lowest BCUT2D eigenvalue weighted by molar-refractivity contribution is -0.121. The molecule has 1 aliphatic heterocycles. The number of carbonyl (C=O) groups is 2. The number of halogens is 1. The first-order valence-corrected chi connectivity index (χ1v) is 11.7. The fourth-order valence-corrected chi connectivity index (χ4v) is 3.89. The molecule has 1 fully saturated rings. The number of benzene rings is 1. The second kappa shape index (κ2) is 12.1. The van der Waals surface area contributed by atoms with E-state index in [4.69, 9.17) is 16.3 Å². The third-order valence-electron chi connectivity index (χ3n) is 5.84. The number of nitrogens with zero attached hydrogens (tertiary/aromatic N) is 2. The van der Waals surface area contributed by atoms with Crippen LogP contribution in [0.1, 0.15) is 42.6 Å². The highest BCUT2D eigenvalue weighted by Gasteiger charge is 2.27. The predicted molar refractivity (Wildman–Crippen MR) is 134 cm³/mol. The second-order valence-corrected chi connectivity index (χ2v) is 8.94. The number of aromatic nitrogens is 1. The van der Waals surface area contributed by atoms with Gasteiger partial charge >= 0.3 is 0 Å². The van der Waals surface area contributed by atoms with E-state index in [1.165, 1.54) is 19.4 Å². The molecule has 0 radical (unpaired) electrons. The van der Waals surface area contributed by atoms with Gasteiger partial charge in [0.25, 0.3) is 5.91 Å². The fourth-order valence-electron chi connectivity index (χ4n) is 3.78. The molecule has 0 bridgehead atoms. The zero-order valence-electron chi connectivity index (χ0n) is 19.6. The van der Waals surface area contributed by atoms with Crippen LogP contribution in [0.25, 0.3) is 6.08 Å². The van der Waals surface area contributed by atoms with Crippen LogP contribution in [0.4, 0.5) is 11.5 Å². The van der Waals surface area contributed by atoms with Gasteiger partial charge in [-0.3, -0.25) is 9.59 Å². The molecule has 1 atom stereocenters. The van der Waals surface area contributed by atoms with Gasteiger partial charge in [-0.15, -0.1) is 0 Å². The van der Waals surface area contributed by atoms with E-state index in [1.54, 1.807) is 36.4 Å². The van der Waals surface area contributed by atoms with Gasteiger partial charge in [0.1, 0.15) is 5.82 Å². The summed E-state index contributed by atoms with van der Waals surface area (Å²) < 4.78 is 4.81. The standard InChI is InChI=1S/C25H31ClN4O4/c1-16(2)30-12-10-18(11-13-30)24(32)28-21-7-4-17(5-9-23(31)34-3)14-20(21)25(33)29-22-8-6-19(26)15-27-22/h4-9,14-16,18,23,31H,10-13H2,1-3H3,(H,28,32)(H,27,29,33)/b9-5+. The molecule has 8 nitrogen and oxygen atoms in total. The first kappa shape index (κ1) is 25.8. The summed E-state index contributed by atoms with van der Waals surface area (Å²) in [7, 11) is 1.39. The zero-order chi connectivity index (χ0) is 24.7. The Bertz CT molecular complexity index is 1020. The van der Waals surface area contributed by atoms with Crippen molar-refractivity contribution in [3.8, 4) is 0 Å². The lowest BCUT2D eigenvalue weighted by Gasteiger charge is -2.34. The smallest absolute Gasteiger partial charge is 0.258 e. The van der Waals surface area contributed by atoms with Crippen molar-refractivity contribution in [1.82, 2.24) is 9.88 Å². The molecule has 1 aliphatic rings. The number of ether oxygens (including phenoxy) is 1. The molecule has 0 aliphatic carbocycles. The van der Waals surface area contributed by atoms with Crippen molar-refractivity contribution in [1.29, 1.82) is 0 Å². The van der Waals surface area contributed by atoms with Gasteiger partial charge in [-0.2, -0.15) is 0 Å². The van der Waals surface area contributed by atoms with E-state index >= 15 is 0 Å². The number of rotatable bonds is 8. The van der Waals surface area contributed by atoms with Crippen molar-refractivity contribution >= 4 is 41.0 Å². The highest BCUT2D eigenvalue weighted by atomic mass is 35.5. The van der Waals surface area contributed by atoms with E-state index in [0.29, 0.717) is 28.1 Å². The number of anilines is 2. The number of pyridine rings is 1. The van der Waals surface area contributed by atoms with Gasteiger partial charge in [-0.25, -0.2) is 4.98 Å². The van der Waals surface area contributed by atoms with E-state index < -0.39 is 12.2 Å². The summed E-state index contributed by atoms with van der Waals surface area (Å²) in [6.45, 7) is 6.05. The maximum atomic E-state index is 13.1. The third-order valence-corrected chi connectivity index (χ3v) is 6.06. The molecule has 182 valence electrons. The third kappa shape index (κ3) is 7.11. The minimum absolute atomic E-state index is 0.0971. The number of carbonyl (C=O) groups excluding carboxylic acids is 2. The Morgan fingerprint density at radius 3 is 2.56 bits per heavy atom. The molecule has 1 aromatic carbocycles. The monoisotopic (exact) mass is 486 g/mol. The fraction of sp³-hybridized carbons (Fsp3) is 0.400. The van der Waals surface area contributed by atoms with E-state index in [2.05, 4.69) is 34.4 Å². The molecule has 2 aromatic rings. The SMILES string of the molecule is COC(O)/C=C/c1ccc(NC(=O)C2CCN(C(C)C)CC2)c(C(=O)Nc2ccc(Cl)cn2)c1. The molecule has 1 unspecified atom stereocenters. The van der Waals surface area contributed by atoms with Crippen molar-refractivity contribution in [3.63, 3.8) is 0 Å². The molecule has 2 heterocycles. The first-order chi connectivity index (χ1) is 16.3. The van der Waals surface area contributed by atoms with Crippen molar-refractivity contribution in [2.24, 2.45) is 5.92 Å². The number of likely N-dealkylation sites (tertiary alicyclic amines) is 1. The van der Waals surface area contributed by atoms with Crippen LogP contribution < -0.4 is 10.6 Å². The number of amides is 2. The number of nitrogens with one attached hydrogen (secondary N) is 2. The topological polar surface area (TPSA) is 104 Å². The van der Waals surface area contributed by atoms with Crippen LogP contribution in [0.3, 0.4) is 0 Å². The number of piperidine rings is 1. The van der Waals surface area contributed by atoms with Crippen LogP contribution in [-0.4, -0.2) is 59.3 Å². The lowest BCUT2D eigenvalue weighted by Crippen LogP contribution is -2.41. The van der Waals surface area contributed by atoms with Gasteiger partial charge in [0.05, 0.1) is 16.3 Å². The van der Waals surface area contributed by atoms with Gasteiger partial charge in [-0.05, 0) is 75.7 Å². The van der Waals surface area contributed by atoms with Crippen LogP contribution in [-0.2, 0) is 9.53 Å². The number of aliphatic hydroxyl groups excluding tert-OH is 1. The van der Waals surface area contributed by atoms with Crippen LogP contribution in [0.5, 0.6) is 0 Å². The normalized spacial score (nSPS) is 16.1. The average Bonchev–Trinajstić information content (AvgIpc) is 2.84. The van der Waals surface area contributed by atoms with E-state index in [1.807, 2.05) is 0 Å². The van der Waals surface area contributed by atoms with Crippen LogP contribution in [0, 0.1) is 5.92 Å². The summed E-state index contributed by atoms with van der Waals surface area (Å²) >= 11 is 5.88. The van der Waals surface area contributed by atoms with Crippen LogP contribution in [0.2, 0.25) is 5.02 Å². The molecule has 2 amide bonds. The Morgan fingerprint density at radius 2 is 1.94 bits per heavy atom. The summed E-state index contributed by atoms with van der Waals surface area (Å²) in [4.78, 5) is 32.6. The Morgan fingerprint density at radius 1 is 1.21 bits per heavy atom. The molecule has 3 N–H and O–H groups in total. The van der Waals surface area contributed by atoms with Gasteiger partial charge in [0.2, 0.25) is 5.91 Å². The molecule has 9 heteroatoms. The van der Waals surface area contributed by atoms with Crippen LogP contribution >= 0.6 is 11.6 Å². The average molecular weight is 487 g/mol. The van der Waals surface area contributed by atoms with Gasteiger partial charge in [0, 0.05) is 25.3 Å². The van der Waals surface area contributed by atoms with Crippen molar-refractivity contribution < 1.29 is 19.4 Å². The van der Waals surface area contributed by atoms with Crippen molar-refractivity contribution in [3.05, 3.63) is 58.8 Å². The second-order valence-electron chi connectivity index (χ2n) is 8.50. The predicted octanol–water partition coefficient (Wildman–Crippen LogP) is 4.02. The Labute approximate surface area is 205 Å². The Hall–Kier alpha value is -2.78. The Kier molecular flexibility index (Phi) is 9.18. The molecule has 1 aromatic heterocycles. The minimum Gasteiger partial charge on any atom is -0.365 e. The lowest BCUT2D eigenvalue weighted by atomic mass is 9.94. The van der Waals surface area contributed by atoms with E-state index in [9.17, 15) is 14.7 Å². The maximum absolute atomic E-state index is 13.1. The van der Waals surface area contributed by atoms with Crippen molar-refractivity contribution in [2.75, 3.05) is 30.8 Å². The highest BCUT2D eigenvalue weighted by molar-refractivity contribution is 6.30. The quantitative estimate of drug-likeness (QED) is 0.487. The summed E-state index contributed by atoms with van der Waals surface area (Å²) in [5.74, 6) is -0.300. The zero-order valence-corrected chi connectivity index (χ0v) is 20.4. The number of methoxy groups -OCH3 is 1. The molecule has 34 heavy (non-hydrogen) atoms. The molecule has 3 rings (SSSR count). The number of hydrogen-bond acceptors (Lipinski definition) is 6. The van der Waals surface area contributed by atoms with Crippen LogP contribution in [0.15, 0.2) is 42.6 Å². The number of hydrogen-bond donors (Lipinski definition) is 3. The minimum atomic E-state index is -1.06. The summed E-state index contributed by atoms with van der Waals surface area (Å²) in [5, 5.41) is 15.8. The molecule has 1 saturated heterocycles. The Balaban J connectivity index is 1.80. The number of aliphatic hydroxyl groups is 1. The van der Waals surface area contributed by atoms with Crippen molar-refractivity contribution in [2.45, 2.75) is 39.0 Å².